The van der Waals surface area contributed by atoms with Crippen molar-refractivity contribution in [3.05, 3.63) is 36.8 Å². The number of hydrogen-bond acceptors (Lipinski definition) is 2. The SMILES string of the molecule is [CH2][C@H](Cl)COCc1ccc(S)cc1. The van der Waals surface area contributed by atoms with Gasteiger partial charge in [0, 0.05) is 4.90 Å². The highest BCUT2D eigenvalue weighted by Crippen LogP contribution is 2.08. The minimum absolute atomic E-state index is 0.177. The number of rotatable bonds is 4. The molecule has 1 aromatic rings. The number of benzene rings is 1. The number of halogens is 1. The first-order valence-corrected chi connectivity index (χ1v) is 4.89. The summed E-state index contributed by atoms with van der Waals surface area (Å²) in [5.41, 5.74) is 1.12. The third-order valence-corrected chi connectivity index (χ3v) is 1.93. The molecule has 0 aliphatic heterocycles. The molecule has 3 heteroatoms. The van der Waals surface area contributed by atoms with Crippen LogP contribution < -0.4 is 0 Å². The van der Waals surface area contributed by atoms with Gasteiger partial charge in [-0.3, -0.25) is 0 Å². The molecule has 0 fully saturated rings. The molecule has 0 heterocycles. The predicted octanol–water partition coefficient (Wildman–Crippen LogP) is 2.93. The van der Waals surface area contributed by atoms with E-state index >= 15 is 0 Å². The first-order valence-electron chi connectivity index (χ1n) is 4.01. The van der Waals surface area contributed by atoms with Crippen molar-refractivity contribution < 1.29 is 4.74 Å². The molecule has 1 aromatic carbocycles. The lowest BCUT2D eigenvalue weighted by molar-refractivity contribution is 0.126. The van der Waals surface area contributed by atoms with Gasteiger partial charge in [-0.15, -0.1) is 24.2 Å². The van der Waals surface area contributed by atoms with Gasteiger partial charge in [0.2, 0.25) is 0 Å². The van der Waals surface area contributed by atoms with Crippen LogP contribution in [0.3, 0.4) is 0 Å². The average molecular weight is 216 g/mol. The Morgan fingerprint density at radius 3 is 2.54 bits per heavy atom. The molecule has 0 spiro atoms. The van der Waals surface area contributed by atoms with Gasteiger partial charge in [-0.25, -0.2) is 0 Å². The Labute approximate surface area is 89.5 Å². The van der Waals surface area contributed by atoms with Crippen molar-refractivity contribution in [3.63, 3.8) is 0 Å². The molecule has 0 aliphatic rings. The summed E-state index contributed by atoms with van der Waals surface area (Å²) in [5, 5.41) is -0.177. The molecule has 0 bridgehead atoms. The molecule has 0 amide bonds. The molecule has 1 atom stereocenters. The summed E-state index contributed by atoms with van der Waals surface area (Å²) < 4.78 is 5.30. The van der Waals surface area contributed by atoms with E-state index in [2.05, 4.69) is 19.6 Å². The number of alkyl halides is 1. The minimum atomic E-state index is -0.177. The van der Waals surface area contributed by atoms with E-state index in [0.717, 1.165) is 10.5 Å². The van der Waals surface area contributed by atoms with Crippen LogP contribution in [0.15, 0.2) is 29.2 Å². The number of thiol groups is 1. The Balaban J connectivity index is 2.33. The fraction of sp³-hybridized carbons (Fsp3) is 0.300. The standard InChI is InChI=1S/C10H12ClOS/c1-8(11)6-12-7-9-2-4-10(13)5-3-9/h2-5,8,13H,1,6-7H2/t8-/m0/s1. The van der Waals surface area contributed by atoms with E-state index in [1.807, 2.05) is 24.3 Å². The third-order valence-electron chi connectivity index (χ3n) is 1.50. The van der Waals surface area contributed by atoms with Crippen LogP contribution >= 0.6 is 24.2 Å². The summed E-state index contributed by atoms with van der Waals surface area (Å²) in [6.07, 6.45) is 0. The molecular formula is C10H12ClOS. The molecule has 0 aromatic heterocycles. The zero-order valence-electron chi connectivity index (χ0n) is 7.24. The van der Waals surface area contributed by atoms with Gasteiger partial charge >= 0.3 is 0 Å². The highest BCUT2D eigenvalue weighted by Gasteiger charge is 1.97. The van der Waals surface area contributed by atoms with Crippen molar-refractivity contribution in [1.82, 2.24) is 0 Å². The Morgan fingerprint density at radius 1 is 1.38 bits per heavy atom. The van der Waals surface area contributed by atoms with Gasteiger partial charge in [-0.05, 0) is 24.6 Å². The Hall–Kier alpha value is -0.180. The Morgan fingerprint density at radius 2 is 2.00 bits per heavy atom. The Bertz CT molecular complexity index is 246. The third kappa shape index (κ3) is 4.55. The quantitative estimate of drug-likeness (QED) is 0.600. The van der Waals surface area contributed by atoms with E-state index in [0.29, 0.717) is 13.2 Å². The van der Waals surface area contributed by atoms with Crippen LogP contribution in [0.4, 0.5) is 0 Å². The molecule has 0 N–H and O–H groups in total. The smallest absolute Gasteiger partial charge is 0.0717 e. The first-order chi connectivity index (χ1) is 6.18. The highest BCUT2D eigenvalue weighted by atomic mass is 35.5. The average Bonchev–Trinajstić information content (AvgIpc) is 2.08. The maximum Gasteiger partial charge on any atom is 0.0717 e. The molecule has 1 rings (SSSR count). The summed E-state index contributed by atoms with van der Waals surface area (Å²) in [6.45, 7) is 4.66. The van der Waals surface area contributed by atoms with Gasteiger partial charge in [0.25, 0.3) is 0 Å². The van der Waals surface area contributed by atoms with Crippen molar-refractivity contribution in [2.75, 3.05) is 6.61 Å². The molecule has 0 saturated carbocycles. The second-order valence-electron chi connectivity index (χ2n) is 2.78. The fourth-order valence-electron chi connectivity index (χ4n) is 0.897. The van der Waals surface area contributed by atoms with E-state index in [-0.39, 0.29) is 5.38 Å². The van der Waals surface area contributed by atoms with E-state index in [1.165, 1.54) is 0 Å². The molecule has 0 saturated heterocycles. The summed E-state index contributed by atoms with van der Waals surface area (Å²) in [6, 6.07) is 7.83. The predicted molar refractivity (Wildman–Crippen MR) is 58.3 cm³/mol. The highest BCUT2D eigenvalue weighted by molar-refractivity contribution is 7.80. The summed E-state index contributed by atoms with van der Waals surface area (Å²) in [5.74, 6) is 0. The summed E-state index contributed by atoms with van der Waals surface area (Å²) >= 11 is 9.80. The van der Waals surface area contributed by atoms with Gasteiger partial charge in [0.1, 0.15) is 0 Å². The van der Waals surface area contributed by atoms with E-state index in [1.54, 1.807) is 0 Å². The van der Waals surface area contributed by atoms with E-state index in [4.69, 9.17) is 16.3 Å². The normalized spacial score (nSPS) is 12.8. The van der Waals surface area contributed by atoms with Crippen LogP contribution in [0.5, 0.6) is 0 Å². The van der Waals surface area contributed by atoms with Gasteiger partial charge in [0.15, 0.2) is 0 Å². The maximum atomic E-state index is 5.62. The number of ether oxygens (including phenoxy) is 1. The topological polar surface area (TPSA) is 9.23 Å². The lowest BCUT2D eigenvalue weighted by atomic mass is 10.2. The maximum absolute atomic E-state index is 5.62. The van der Waals surface area contributed by atoms with Crippen molar-refractivity contribution in [2.45, 2.75) is 16.9 Å². The zero-order chi connectivity index (χ0) is 9.68. The molecule has 0 unspecified atom stereocenters. The van der Waals surface area contributed by atoms with Gasteiger partial charge in [0.05, 0.1) is 18.6 Å². The molecule has 71 valence electrons. The minimum Gasteiger partial charge on any atom is -0.375 e. The van der Waals surface area contributed by atoms with Gasteiger partial charge in [-0.2, -0.15) is 0 Å². The zero-order valence-corrected chi connectivity index (χ0v) is 8.89. The van der Waals surface area contributed by atoms with Crippen LogP contribution in [0.25, 0.3) is 0 Å². The summed E-state index contributed by atoms with van der Waals surface area (Å²) in [4.78, 5) is 0.955. The molecule has 1 nitrogen and oxygen atoms in total. The summed E-state index contributed by atoms with van der Waals surface area (Å²) in [7, 11) is 0. The van der Waals surface area contributed by atoms with E-state index in [9.17, 15) is 0 Å². The van der Waals surface area contributed by atoms with E-state index < -0.39 is 0 Å². The Kier molecular flexibility index (Phi) is 4.64. The van der Waals surface area contributed by atoms with Crippen LogP contribution in [0.1, 0.15) is 5.56 Å². The van der Waals surface area contributed by atoms with Crippen molar-refractivity contribution in [2.24, 2.45) is 0 Å². The van der Waals surface area contributed by atoms with Crippen LogP contribution in [-0.2, 0) is 11.3 Å². The van der Waals surface area contributed by atoms with Crippen LogP contribution in [0, 0.1) is 6.92 Å². The van der Waals surface area contributed by atoms with Gasteiger partial charge in [-0.1, -0.05) is 12.1 Å². The van der Waals surface area contributed by atoms with Gasteiger partial charge < -0.3 is 4.74 Å². The van der Waals surface area contributed by atoms with Crippen molar-refractivity contribution >= 4 is 24.2 Å². The van der Waals surface area contributed by atoms with Crippen LogP contribution in [0.2, 0.25) is 0 Å². The van der Waals surface area contributed by atoms with Crippen LogP contribution in [-0.4, -0.2) is 12.0 Å². The van der Waals surface area contributed by atoms with Crippen molar-refractivity contribution in [1.29, 1.82) is 0 Å². The molecule has 13 heavy (non-hydrogen) atoms. The molecule has 0 aliphatic carbocycles. The fourth-order valence-corrected chi connectivity index (χ4v) is 1.13. The van der Waals surface area contributed by atoms with Crippen molar-refractivity contribution in [3.8, 4) is 0 Å². The first kappa shape index (κ1) is 10.9. The monoisotopic (exact) mass is 215 g/mol. The number of hydrogen-bond donors (Lipinski definition) is 1. The lowest BCUT2D eigenvalue weighted by Gasteiger charge is -2.05. The lowest BCUT2D eigenvalue weighted by Crippen LogP contribution is -2.04. The molecular weight excluding hydrogens is 204 g/mol. The second-order valence-corrected chi connectivity index (χ2v) is 3.91. The largest absolute Gasteiger partial charge is 0.375 e. The second kappa shape index (κ2) is 5.53. The molecule has 1 radical (unpaired) electrons.